The molecule has 1 saturated heterocycles. The van der Waals surface area contributed by atoms with Gasteiger partial charge in [-0.3, -0.25) is 4.68 Å². The summed E-state index contributed by atoms with van der Waals surface area (Å²) in [5, 5.41) is 8.51. The SMILES string of the molecule is CCn1ncc2ccc(NC(=O)N3CCOC(C4CCCCC4)C3)cc21. The van der Waals surface area contributed by atoms with E-state index in [2.05, 4.69) is 17.3 Å². The minimum Gasteiger partial charge on any atom is -0.374 e. The molecule has 2 heterocycles. The fourth-order valence-electron chi connectivity index (χ4n) is 4.25. The van der Waals surface area contributed by atoms with E-state index >= 15 is 0 Å². The Kier molecular flexibility index (Phi) is 5.11. The number of urea groups is 1. The first-order valence-electron chi connectivity index (χ1n) is 9.87. The highest BCUT2D eigenvalue weighted by Crippen LogP contribution is 2.30. The van der Waals surface area contributed by atoms with Gasteiger partial charge in [0, 0.05) is 30.7 Å². The van der Waals surface area contributed by atoms with Gasteiger partial charge in [-0.1, -0.05) is 19.3 Å². The summed E-state index contributed by atoms with van der Waals surface area (Å²) in [5.41, 5.74) is 1.87. The number of hydrogen-bond acceptors (Lipinski definition) is 3. The first kappa shape index (κ1) is 17.3. The van der Waals surface area contributed by atoms with Crippen molar-refractivity contribution < 1.29 is 9.53 Å². The second-order valence-electron chi connectivity index (χ2n) is 7.42. The zero-order valence-corrected chi connectivity index (χ0v) is 15.5. The molecule has 2 aromatic rings. The Labute approximate surface area is 154 Å². The summed E-state index contributed by atoms with van der Waals surface area (Å²) >= 11 is 0. The zero-order valence-electron chi connectivity index (χ0n) is 15.5. The molecular weight excluding hydrogens is 328 g/mol. The zero-order chi connectivity index (χ0) is 17.9. The van der Waals surface area contributed by atoms with Crippen LogP contribution in [0.25, 0.3) is 10.9 Å². The number of nitrogens with one attached hydrogen (secondary N) is 1. The molecule has 1 aliphatic carbocycles. The summed E-state index contributed by atoms with van der Waals surface area (Å²) in [5.74, 6) is 0.606. The molecule has 0 radical (unpaired) electrons. The maximum atomic E-state index is 12.8. The molecule has 1 saturated carbocycles. The third kappa shape index (κ3) is 3.56. The minimum atomic E-state index is -0.0315. The van der Waals surface area contributed by atoms with E-state index in [1.54, 1.807) is 0 Å². The lowest BCUT2D eigenvalue weighted by atomic mass is 9.84. The normalized spacial score (nSPS) is 21.9. The van der Waals surface area contributed by atoms with Crippen molar-refractivity contribution in [1.82, 2.24) is 14.7 Å². The van der Waals surface area contributed by atoms with Gasteiger partial charge in [0.1, 0.15) is 0 Å². The summed E-state index contributed by atoms with van der Waals surface area (Å²) in [6, 6.07) is 5.92. The molecule has 1 aromatic heterocycles. The van der Waals surface area contributed by atoms with Crippen LogP contribution in [0.15, 0.2) is 24.4 Å². The Hall–Kier alpha value is -2.08. The second-order valence-corrected chi connectivity index (χ2v) is 7.42. The van der Waals surface area contributed by atoms with E-state index in [1.807, 2.05) is 34.0 Å². The fraction of sp³-hybridized carbons (Fsp3) is 0.600. The number of aromatic nitrogens is 2. The van der Waals surface area contributed by atoms with E-state index in [0.717, 1.165) is 23.1 Å². The Morgan fingerprint density at radius 3 is 2.96 bits per heavy atom. The van der Waals surface area contributed by atoms with Crippen LogP contribution in [0.1, 0.15) is 39.0 Å². The topological polar surface area (TPSA) is 59.4 Å². The molecule has 6 heteroatoms. The molecule has 26 heavy (non-hydrogen) atoms. The molecule has 1 atom stereocenters. The van der Waals surface area contributed by atoms with E-state index in [9.17, 15) is 4.79 Å². The number of ether oxygens (including phenoxy) is 1. The minimum absolute atomic E-state index is 0.0315. The van der Waals surface area contributed by atoms with Gasteiger partial charge < -0.3 is 15.0 Å². The van der Waals surface area contributed by atoms with Gasteiger partial charge >= 0.3 is 6.03 Å². The average Bonchev–Trinajstić information content (AvgIpc) is 3.11. The van der Waals surface area contributed by atoms with Gasteiger partial charge in [0.05, 0.1) is 24.4 Å². The summed E-state index contributed by atoms with van der Waals surface area (Å²) in [4.78, 5) is 14.7. The number of fused-ring (bicyclic) bond motifs is 1. The van der Waals surface area contributed by atoms with Crippen LogP contribution in [0.5, 0.6) is 0 Å². The van der Waals surface area contributed by atoms with Crippen molar-refractivity contribution in [3.05, 3.63) is 24.4 Å². The first-order valence-corrected chi connectivity index (χ1v) is 9.87. The lowest BCUT2D eigenvalue weighted by Crippen LogP contribution is -2.49. The molecule has 1 aromatic carbocycles. The monoisotopic (exact) mass is 356 g/mol. The van der Waals surface area contributed by atoms with Gasteiger partial charge in [-0.05, 0) is 43.9 Å². The summed E-state index contributed by atoms with van der Waals surface area (Å²) < 4.78 is 7.94. The summed E-state index contributed by atoms with van der Waals surface area (Å²) in [7, 11) is 0. The predicted molar refractivity (Wildman–Crippen MR) is 102 cm³/mol. The molecular formula is C20H28N4O2. The number of anilines is 1. The van der Waals surface area contributed by atoms with Gasteiger partial charge in [-0.15, -0.1) is 0 Å². The van der Waals surface area contributed by atoms with E-state index < -0.39 is 0 Å². The highest BCUT2D eigenvalue weighted by Gasteiger charge is 2.31. The van der Waals surface area contributed by atoms with Crippen molar-refractivity contribution in [3.63, 3.8) is 0 Å². The van der Waals surface area contributed by atoms with Crippen LogP contribution in [0.3, 0.4) is 0 Å². The summed E-state index contributed by atoms with van der Waals surface area (Å²) in [6.45, 7) is 4.87. The van der Waals surface area contributed by atoms with Crippen molar-refractivity contribution >= 4 is 22.6 Å². The third-order valence-electron chi connectivity index (χ3n) is 5.75. The van der Waals surface area contributed by atoms with Gasteiger partial charge in [-0.2, -0.15) is 5.10 Å². The van der Waals surface area contributed by atoms with Crippen LogP contribution in [0, 0.1) is 5.92 Å². The van der Waals surface area contributed by atoms with Gasteiger partial charge in [0.2, 0.25) is 0 Å². The Bertz CT molecular complexity index is 766. The Morgan fingerprint density at radius 1 is 1.31 bits per heavy atom. The molecule has 6 nitrogen and oxygen atoms in total. The number of aryl methyl sites for hydroxylation is 1. The quantitative estimate of drug-likeness (QED) is 0.908. The van der Waals surface area contributed by atoms with Crippen LogP contribution < -0.4 is 5.32 Å². The molecule has 1 unspecified atom stereocenters. The lowest BCUT2D eigenvalue weighted by molar-refractivity contribution is -0.0511. The standard InChI is InChI=1S/C20H28N4O2/c1-2-24-18-12-17(9-8-16(18)13-21-24)22-20(25)23-10-11-26-19(14-23)15-6-4-3-5-7-15/h8-9,12-13,15,19H,2-7,10-11,14H2,1H3,(H,22,25). The number of nitrogens with zero attached hydrogens (tertiary/aromatic N) is 3. The first-order chi connectivity index (χ1) is 12.7. The average molecular weight is 356 g/mol. The Balaban J connectivity index is 1.42. The maximum absolute atomic E-state index is 12.8. The van der Waals surface area contributed by atoms with E-state index in [1.165, 1.54) is 32.1 Å². The second kappa shape index (κ2) is 7.66. The highest BCUT2D eigenvalue weighted by molar-refractivity contribution is 5.92. The molecule has 2 aliphatic rings. The number of carbonyl (C=O) groups is 1. The molecule has 4 rings (SSSR count). The number of amides is 2. The van der Waals surface area contributed by atoms with E-state index in [4.69, 9.17) is 4.74 Å². The van der Waals surface area contributed by atoms with Crippen LogP contribution in [-0.2, 0) is 11.3 Å². The van der Waals surface area contributed by atoms with Crippen molar-refractivity contribution in [2.45, 2.75) is 51.7 Å². The van der Waals surface area contributed by atoms with Gasteiger partial charge in [0.15, 0.2) is 0 Å². The largest absolute Gasteiger partial charge is 0.374 e. The number of rotatable bonds is 3. The molecule has 2 fully saturated rings. The third-order valence-corrected chi connectivity index (χ3v) is 5.75. The fourth-order valence-corrected chi connectivity index (χ4v) is 4.25. The molecule has 140 valence electrons. The van der Waals surface area contributed by atoms with Gasteiger partial charge in [-0.25, -0.2) is 4.79 Å². The molecule has 0 spiro atoms. The van der Waals surface area contributed by atoms with Crippen LogP contribution in [0.4, 0.5) is 10.5 Å². The van der Waals surface area contributed by atoms with Crippen molar-refractivity contribution in [3.8, 4) is 0 Å². The number of hydrogen-bond donors (Lipinski definition) is 1. The lowest BCUT2D eigenvalue weighted by Gasteiger charge is -2.38. The van der Waals surface area contributed by atoms with Crippen molar-refractivity contribution in [2.75, 3.05) is 25.0 Å². The van der Waals surface area contributed by atoms with Gasteiger partial charge in [0.25, 0.3) is 0 Å². The maximum Gasteiger partial charge on any atom is 0.322 e. The van der Waals surface area contributed by atoms with Crippen molar-refractivity contribution in [2.24, 2.45) is 5.92 Å². The van der Waals surface area contributed by atoms with Crippen LogP contribution in [-0.4, -0.2) is 46.5 Å². The number of benzene rings is 1. The van der Waals surface area contributed by atoms with E-state index in [0.29, 0.717) is 25.6 Å². The number of carbonyl (C=O) groups excluding carboxylic acids is 1. The molecule has 2 amide bonds. The van der Waals surface area contributed by atoms with Crippen LogP contribution in [0.2, 0.25) is 0 Å². The molecule has 1 aliphatic heterocycles. The van der Waals surface area contributed by atoms with E-state index in [-0.39, 0.29) is 12.1 Å². The van der Waals surface area contributed by atoms with Crippen molar-refractivity contribution in [1.29, 1.82) is 0 Å². The molecule has 1 N–H and O–H groups in total. The highest BCUT2D eigenvalue weighted by atomic mass is 16.5. The molecule has 0 bridgehead atoms. The van der Waals surface area contributed by atoms with Crippen LogP contribution >= 0.6 is 0 Å². The summed E-state index contributed by atoms with van der Waals surface area (Å²) in [6.07, 6.45) is 8.45. The predicted octanol–water partition coefficient (Wildman–Crippen LogP) is 3.87. The number of morpholine rings is 1. The Morgan fingerprint density at radius 2 is 2.15 bits per heavy atom. The smallest absolute Gasteiger partial charge is 0.322 e.